The van der Waals surface area contributed by atoms with E-state index < -0.39 is 32.5 Å². The predicted octanol–water partition coefficient (Wildman–Crippen LogP) is 11.7. The third kappa shape index (κ3) is 39.7. The molecule has 0 amide bonds. The number of allylic oxidation sites excluding steroid dienone is 6. The van der Waals surface area contributed by atoms with Crippen LogP contribution in [0, 0.1) is 0 Å². The van der Waals surface area contributed by atoms with Crippen LogP contribution in [-0.2, 0) is 32.7 Å². The third-order valence-electron chi connectivity index (χ3n) is 8.91. The highest BCUT2D eigenvalue weighted by atomic mass is 31.2. The van der Waals surface area contributed by atoms with E-state index in [1.54, 1.807) is 0 Å². The zero-order valence-corrected chi connectivity index (χ0v) is 35.6. The van der Waals surface area contributed by atoms with Gasteiger partial charge in [0.1, 0.15) is 19.8 Å². The van der Waals surface area contributed by atoms with Crippen LogP contribution < -0.4 is 0 Å². The van der Waals surface area contributed by atoms with E-state index in [-0.39, 0.29) is 26.1 Å². The highest BCUT2D eigenvalue weighted by Crippen LogP contribution is 2.43. The van der Waals surface area contributed by atoms with E-state index >= 15 is 0 Å². The molecule has 0 spiro atoms. The smallest absolute Gasteiger partial charge is 0.462 e. The lowest BCUT2D eigenvalue weighted by Crippen LogP contribution is -2.37. The molecule has 0 heterocycles. The van der Waals surface area contributed by atoms with Crippen molar-refractivity contribution in [1.82, 2.24) is 0 Å². The number of carbonyl (C=O) groups excluding carboxylic acids is 2. The Bertz CT molecular complexity index is 1010. The SMILES string of the molecule is CCCC/C=C/C/C=C/CCCCCCCC(=O)OC[C@H](COP(=O)(O)OCC[N+](C)(C)C)OC(=O)CC/C=C/CCCCCCCCCCCCC. The van der Waals surface area contributed by atoms with E-state index in [1.165, 1.54) is 77.0 Å². The average Bonchev–Trinajstić information content (AvgIpc) is 3.10. The molecule has 0 saturated carbocycles. The molecular formula is C43H81NO8P+. The lowest BCUT2D eigenvalue weighted by Gasteiger charge is -2.24. The molecule has 0 aliphatic carbocycles. The van der Waals surface area contributed by atoms with E-state index in [4.69, 9.17) is 18.5 Å². The normalized spacial score (nSPS) is 14.0. The Kier molecular flexibility index (Phi) is 34.7. The molecule has 0 aliphatic rings. The standard InChI is InChI=1S/C43H80NO8P/c1-6-8-10-12-14-16-18-20-22-24-26-28-30-32-34-36-43(46)52-41(40-51-53(47,48)50-38-37-44(3,4)5)39-49-42(45)35-33-31-29-27-25-23-21-19-17-15-13-11-9-7-2/h13,15,19,21,30,32,41H,6-12,14,16-18,20,22-29,31,33-40H2,1-5H3/p+1/b15-13+,21-19+,32-30+/t41-/m1/s1. The van der Waals surface area contributed by atoms with Crippen LogP contribution in [0.25, 0.3) is 0 Å². The van der Waals surface area contributed by atoms with Crippen molar-refractivity contribution in [3.63, 3.8) is 0 Å². The first-order valence-corrected chi connectivity index (χ1v) is 22.7. The number of unbranched alkanes of at least 4 members (excludes halogenated alkanes) is 18. The second-order valence-electron chi connectivity index (χ2n) is 15.4. The molecule has 2 atom stereocenters. The van der Waals surface area contributed by atoms with Crippen molar-refractivity contribution >= 4 is 19.8 Å². The van der Waals surface area contributed by atoms with Gasteiger partial charge in [0, 0.05) is 12.8 Å². The van der Waals surface area contributed by atoms with Gasteiger partial charge in [0.05, 0.1) is 27.7 Å². The average molecular weight is 771 g/mol. The minimum absolute atomic E-state index is 0.0235. The van der Waals surface area contributed by atoms with Gasteiger partial charge in [0.2, 0.25) is 0 Å². The molecule has 310 valence electrons. The molecular weight excluding hydrogens is 689 g/mol. The summed E-state index contributed by atoms with van der Waals surface area (Å²) in [5, 5.41) is 0. The highest BCUT2D eigenvalue weighted by Gasteiger charge is 2.27. The van der Waals surface area contributed by atoms with Gasteiger partial charge < -0.3 is 18.9 Å². The molecule has 0 aromatic carbocycles. The van der Waals surface area contributed by atoms with Crippen LogP contribution >= 0.6 is 7.82 Å². The quantitative estimate of drug-likeness (QED) is 0.0217. The topological polar surface area (TPSA) is 108 Å². The Morgan fingerprint density at radius 2 is 1.08 bits per heavy atom. The summed E-state index contributed by atoms with van der Waals surface area (Å²) in [5.41, 5.74) is 0. The van der Waals surface area contributed by atoms with Crippen LogP contribution in [0.2, 0.25) is 0 Å². The Morgan fingerprint density at radius 1 is 0.585 bits per heavy atom. The van der Waals surface area contributed by atoms with Crippen LogP contribution in [0.1, 0.15) is 174 Å². The van der Waals surface area contributed by atoms with Gasteiger partial charge in [-0.2, -0.15) is 0 Å². The second kappa shape index (κ2) is 35.9. The molecule has 53 heavy (non-hydrogen) atoms. The number of nitrogens with zero attached hydrogens (tertiary/aromatic N) is 1. The first kappa shape index (κ1) is 51.2. The maximum atomic E-state index is 12.6. The number of ether oxygens (including phenoxy) is 2. The van der Waals surface area contributed by atoms with Crippen LogP contribution in [0.4, 0.5) is 0 Å². The molecule has 0 bridgehead atoms. The molecule has 0 radical (unpaired) electrons. The van der Waals surface area contributed by atoms with Crippen molar-refractivity contribution < 1.29 is 42.1 Å². The van der Waals surface area contributed by atoms with Crippen molar-refractivity contribution in [1.29, 1.82) is 0 Å². The first-order valence-electron chi connectivity index (χ1n) is 21.2. The van der Waals surface area contributed by atoms with Crippen molar-refractivity contribution in [2.75, 3.05) is 47.5 Å². The van der Waals surface area contributed by atoms with Crippen LogP contribution in [0.3, 0.4) is 0 Å². The molecule has 0 rings (SSSR count). The lowest BCUT2D eigenvalue weighted by atomic mass is 10.1. The minimum Gasteiger partial charge on any atom is -0.462 e. The molecule has 1 N–H and O–H groups in total. The second-order valence-corrected chi connectivity index (χ2v) is 16.8. The predicted molar refractivity (Wildman–Crippen MR) is 220 cm³/mol. The van der Waals surface area contributed by atoms with Gasteiger partial charge in [-0.15, -0.1) is 0 Å². The Hall–Kier alpha value is -1.77. The fourth-order valence-electron chi connectivity index (χ4n) is 5.52. The summed E-state index contributed by atoms with van der Waals surface area (Å²) in [6.45, 7) is 4.32. The van der Waals surface area contributed by atoms with Gasteiger partial charge in [0.15, 0.2) is 6.10 Å². The summed E-state index contributed by atoms with van der Waals surface area (Å²) in [4.78, 5) is 35.3. The highest BCUT2D eigenvalue weighted by molar-refractivity contribution is 7.47. The van der Waals surface area contributed by atoms with Crippen molar-refractivity contribution in [2.45, 2.75) is 180 Å². The van der Waals surface area contributed by atoms with E-state index in [0.29, 0.717) is 17.4 Å². The molecule has 0 fully saturated rings. The molecule has 0 aromatic rings. The van der Waals surface area contributed by atoms with Crippen molar-refractivity contribution in [3.8, 4) is 0 Å². The number of phosphoric acid groups is 1. The summed E-state index contributed by atoms with van der Waals surface area (Å²) < 4.78 is 34.2. The lowest BCUT2D eigenvalue weighted by molar-refractivity contribution is -0.870. The third-order valence-corrected chi connectivity index (χ3v) is 9.89. The van der Waals surface area contributed by atoms with Crippen LogP contribution in [-0.4, -0.2) is 74.9 Å². The maximum Gasteiger partial charge on any atom is 0.472 e. The number of carbonyl (C=O) groups is 2. The summed E-state index contributed by atoms with van der Waals surface area (Å²) in [6, 6.07) is 0. The number of likely N-dealkylation sites (N-methyl/N-ethyl adjacent to an activating group) is 1. The Labute approximate surface area is 325 Å². The van der Waals surface area contributed by atoms with Gasteiger partial charge in [-0.3, -0.25) is 18.6 Å². The number of hydrogen-bond acceptors (Lipinski definition) is 7. The summed E-state index contributed by atoms with van der Waals surface area (Å²) in [5.74, 6) is -0.872. The molecule has 1 unspecified atom stereocenters. The summed E-state index contributed by atoms with van der Waals surface area (Å²) >= 11 is 0. The maximum absolute atomic E-state index is 12.6. The summed E-state index contributed by atoms with van der Waals surface area (Å²) in [7, 11) is 1.45. The summed E-state index contributed by atoms with van der Waals surface area (Å²) in [6.07, 6.45) is 39.1. The number of esters is 2. The number of quaternary nitrogens is 1. The van der Waals surface area contributed by atoms with E-state index in [2.05, 4.69) is 44.2 Å². The molecule has 0 aliphatic heterocycles. The van der Waals surface area contributed by atoms with E-state index in [0.717, 1.165) is 64.2 Å². The van der Waals surface area contributed by atoms with Gasteiger partial charge >= 0.3 is 19.8 Å². The number of phosphoric ester groups is 1. The molecule has 0 saturated heterocycles. The fourth-order valence-corrected chi connectivity index (χ4v) is 6.26. The van der Waals surface area contributed by atoms with E-state index in [1.807, 2.05) is 27.2 Å². The number of rotatable bonds is 38. The van der Waals surface area contributed by atoms with Gasteiger partial charge in [0.25, 0.3) is 0 Å². The molecule has 0 aromatic heterocycles. The van der Waals surface area contributed by atoms with Crippen LogP contribution in [0.5, 0.6) is 0 Å². The van der Waals surface area contributed by atoms with Gasteiger partial charge in [-0.05, 0) is 51.4 Å². The zero-order chi connectivity index (χ0) is 39.3. The molecule has 9 nitrogen and oxygen atoms in total. The van der Waals surface area contributed by atoms with Crippen molar-refractivity contribution in [2.24, 2.45) is 0 Å². The fraction of sp³-hybridized carbons (Fsp3) is 0.814. The molecule has 10 heteroatoms. The van der Waals surface area contributed by atoms with Gasteiger partial charge in [-0.25, -0.2) is 4.57 Å². The van der Waals surface area contributed by atoms with Crippen molar-refractivity contribution in [3.05, 3.63) is 36.5 Å². The van der Waals surface area contributed by atoms with Crippen LogP contribution in [0.15, 0.2) is 36.5 Å². The number of hydrogen-bond donors (Lipinski definition) is 1. The largest absolute Gasteiger partial charge is 0.472 e. The monoisotopic (exact) mass is 771 g/mol. The Balaban J connectivity index is 4.45. The zero-order valence-electron chi connectivity index (χ0n) is 34.7. The Morgan fingerprint density at radius 3 is 1.64 bits per heavy atom. The minimum atomic E-state index is -4.38. The van der Waals surface area contributed by atoms with E-state index in [9.17, 15) is 19.0 Å². The first-order chi connectivity index (χ1) is 25.5. The van der Waals surface area contributed by atoms with Gasteiger partial charge in [-0.1, -0.05) is 147 Å².